The summed E-state index contributed by atoms with van der Waals surface area (Å²) in [6.07, 6.45) is 1.46. The molecule has 0 saturated heterocycles. The molecule has 0 spiro atoms. The van der Waals surface area contributed by atoms with Crippen LogP contribution >= 0.6 is 15.9 Å². The van der Waals surface area contributed by atoms with Crippen molar-refractivity contribution in [2.45, 2.75) is 6.92 Å². The molecule has 2 aromatic carbocycles. The minimum Gasteiger partial charge on any atom is -0.318 e. The van der Waals surface area contributed by atoms with Crippen LogP contribution in [0.3, 0.4) is 0 Å². The van der Waals surface area contributed by atoms with E-state index in [9.17, 15) is 9.59 Å². The molecule has 112 valence electrons. The zero-order valence-corrected chi connectivity index (χ0v) is 13.4. The van der Waals surface area contributed by atoms with Crippen LogP contribution in [0.15, 0.2) is 58.1 Å². The first-order valence-electron chi connectivity index (χ1n) is 6.52. The van der Waals surface area contributed by atoms with Crippen molar-refractivity contribution in [3.8, 4) is 0 Å². The van der Waals surface area contributed by atoms with Gasteiger partial charge in [-0.25, -0.2) is 5.43 Å². The number of rotatable bonds is 3. The molecule has 0 heterocycles. The van der Waals surface area contributed by atoms with E-state index >= 15 is 0 Å². The lowest BCUT2D eigenvalue weighted by Gasteiger charge is -2.04. The number of amides is 2. The summed E-state index contributed by atoms with van der Waals surface area (Å²) in [7, 11) is 0. The number of benzene rings is 2. The quantitative estimate of drug-likeness (QED) is 0.502. The molecule has 0 aliphatic heterocycles. The van der Waals surface area contributed by atoms with Gasteiger partial charge in [0, 0.05) is 15.7 Å². The van der Waals surface area contributed by atoms with Gasteiger partial charge in [0.2, 0.25) is 0 Å². The molecule has 2 rings (SSSR count). The van der Waals surface area contributed by atoms with Crippen LogP contribution in [-0.2, 0) is 9.59 Å². The molecular formula is C16H14BrN3O2. The Morgan fingerprint density at radius 2 is 1.86 bits per heavy atom. The van der Waals surface area contributed by atoms with Crippen LogP contribution in [0.1, 0.15) is 11.1 Å². The highest BCUT2D eigenvalue weighted by Crippen LogP contribution is 2.13. The van der Waals surface area contributed by atoms with Crippen molar-refractivity contribution in [3.05, 3.63) is 64.1 Å². The van der Waals surface area contributed by atoms with Gasteiger partial charge in [0.15, 0.2) is 0 Å². The zero-order valence-electron chi connectivity index (χ0n) is 11.8. The molecule has 2 aromatic rings. The Morgan fingerprint density at radius 1 is 1.09 bits per heavy atom. The fourth-order valence-electron chi connectivity index (χ4n) is 1.70. The topological polar surface area (TPSA) is 70.6 Å². The predicted molar refractivity (Wildman–Crippen MR) is 89.7 cm³/mol. The summed E-state index contributed by atoms with van der Waals surface area (Å²) in [6, 6.07) is 14.6. The van der Waals surface area contributed by atoms with Gasteiger partial charge >= 0.3 is 11.8 Å². The number of carbonyl (C=O) groups is 2. The summed E-state index contributed by atoms with van der Waals surface area (Å²) in [5.41, 5.74) is 4.54. The van der Waals surface area contributed by atoms with Crippen molar-refractivity contribution in [1.82, 2.24) is 5.43 Å². The maximum atomic E-state index is 11.7. The van der Waals surface area contributed by atoms with Crippen molar-refractivity contribution in [2.24, 2.45) is 5.10 Å². The van der Waals surface area contributed by atoms with Crippen molar-refractivity contribution in [1.29, 1.82) is 0 Å². The number of hydrogen-bond donors (Lipinski definition) is 2. The first-order chi connectivity index (χ1) is 10.6. The van der Waals surface area contributed by atoms with E-state index in [1.807, 2.05) is 37.3 Å². The monoisotopic (exact) mass is 359 g/mol. The van der Waals surface area contributed by atoms with E-state index in [0.717, 1.165) is 15.6 Å². The molecule has 0 aromatic heterocycles. The minimum atomic E-state index is -0.829. The standard InChI is InChI=1S/C16H14BrN3O2/c1-11-5-4-7-13(9-11)19-15(21)16(22)20-18-10-12-6-2-3-8-14(12)17/h2-10H,1H3,(H,19,21)(H,20,22). The molecule has 0 fully saturated rings. The lowest BCUT2D eigenvalue weighted by molar-refractivity contribution is -0.136. The largest absolute Gasteiger partial charge is 0.329 e. The fourth-order valence-corrected chi connectivity index (χ4v) is 2.09. The first-order valence-corrected chi connectivity index (χ1v) is 7.31. The van der Waals surface area contributed by atoms with Gasteiger partial charge in [-0.3, -0.25) is 9.59 Å². The fraction of sp³-hybridized carbons (Fsp3) is 0.0625. The third-order valence-corrected chi connectivity index (χ3v) is 3.48. The first kappa shape index (κ1) is 15.9. The molecule has 6 heteroatoms. The number of halogens is 1. The van der Waals surface area contributed by atoms with Gasteiger partial charge < -0.3 is 5.32 Å². The van der Waals surface area contributed by atoms with Gasteiger partial charge in [-0.15, -0.1) is 0 Å². The molecule has 22 heavy (non-hydrogen) atoms. The number of carbonyl (C=O) groups excluding carboxylic acids is 2. The van der Waals surface area contributed by atoms with Crippen molar-refractivity contribution in [3.63, 3.8) is 0 Å². The SMILES string of the molecule is Cc1cccc(NC(=O)C(=O)NN=Cc2ccccc2Br)c1. The molecule has 0 radical (unpaired) electrons. The maximum absolute atomic E-state index is 11.7. The lowest BCUT2D eigenvalue weighted by atomic mass is 10.2. The van der Waals surface area contributed by atoms with E-state index in [1.54, 1.807) is 18.2 Å². The molecule has 0 atom stereocenters. The Kier molecular flexibility index (Phi) is 5.43. The second-order valence-corrected chi connectivity index (χ2v) is 5.40. The van der Waals surface area contributed by atoms with Crippen molar-refractivity contribution >= 4 is 39.6 Å². The number of hydrazone groups is 1. The summed E-state index contributed by atoms with van der Waals surface area (Å²) in [5.74, 6) is -1.60. The van der Waals surface area contributed by atoms with Gasteiger partial charge in [-0.05, 0) is 30.7 Å². The van der Waals surface area contributed by atoms with Crippen LogP contribution < -0.4 is 10.7 Å². The lowest BCUT2D eigenvalue weighted by Crippen LogP contribution is -2.32. The summed E-state index contributed by atoms with van der Waals surface area (Å²) >= 11 is 3.36. The van der Waals surface area contributed by atoms with E-state index in [1.165, 1.54) is 6.21 Å². The van der Waals surface area contributed by atoms with Crippen molar-refractivity contribution in [2.75, 3.05) is 5.32 Å². The molecular weight excluding hydrogens is 346 g/mol. The van der Waals surface area contributed by atoms with Crippen LogP contribution in [0.2, 0.25) is 0 Å². The summed E-state index contributed by atoms with van der Waals surface area (Å²) in [6.45, 7) is 1.90. The third kappa shape index (κ3) is 4.53. The van der Waals surface area contributed by atoms with Crippen LogP contribution in [-0.4, -0.2) is 18.0 Å². The van der Waals surface area contributed by atoms with Gasteiger partial charge in [0.05, 0.1) is 6.21 Å². The second-order valence-electron chi connectivity index (χ2n) is 4.54. The highest BCUT2D eigenvalue weighted by Gasteiger charge is 2.12. The van der Waals surface area contributed by atoms with E-state index in [0.29, 0.717) is 5.69 Å². The smallest absolute Gasteiger partial charge is 0.318 e. The molecule has 0 unspecified atom stereocenters. The Hall–Kier alpha value is -2.47. The predicted octanol–water partition coefficient (Wildman–Crippen LogP) is 2.85. The normalized spacial score (nSPS) is 10.5. The van der Waals surface area contributed by atoms with Gasteiger partial charge in [-0.1, -0.05) is 46.3 Å². The Morgan fingerprint density at radius 3 is 2.59 bits per heavy atom. The van der Waals surface area contributed by atoms with E-state index in [2.05, 4.69) is 31.8 Å². The maximum Gasteiger partial charge on any atom is 0.329 e. The van der Waals surface area contributed by atoms with E-state index in [-0.39, 0.29) is 0 Å². The molecule has 0 bridgehead atoms. The number of hydrogen-bond acceptors (Lipinski definition) is 3. The summed E-state index contributed by atoms with van der Waals surface area (Å²) < 4.78 is 0.845. The van der Waals surface area contributed by atoms with Gasteiger partial charge in [0.1, 0.15) is 0 Å². The van der Waals surface area contributed by atoms with Crippen molar-refractivity contribution < 1.29 is 9.59 Å². The van der Waals surface area contributed by atoms with Crippen LogP contribution in [0.4, 0.5) is 5.69 Å². The molecule has 2 amide bonds. The van der Waals surface area contributed by atoms with Crippen LogP contribution in [0, 0.1) is 6.92 Å². The van der Waals surface area contributed by atoms with Gasteiger partial charge in [0.25, 0.3) is 0 Å². The highest BCUT2D eigenvalue weighted by molar-refractivity contribution is 9.10. The minimum absolute atomic E-state index is 0.565. The highest BCUT2D eigenvalue weighted by atomic mass is 79.9. The molecule has 5 nitrogen and oxygen atoms in total. The van der Waals surface area contributed by atoms with Crippen LogP contribution in [0.25, 0.3) is 0 Å². The summed E-state index contributed by atoms with van der Waals surface area (Å²) in [5, 5.41) is 6.28. The van der Waals surface area contributed by atoms with Gasteiger partial charge in [-0.2, -0.15) is 5.10 Å². The third-order valence-electron chi connectivity index (χ3n) is 2.76. The van der Waals surface area contributed by atoms with E-state index in [4.69, 9.17) is 0 Å². The number of anilines is 1. The number of aryl methyl sites for hydroxylation is 1. The summed E-state index contributed by atoms with van der Waals surface area (Å²) in [4.78, 5) is 23.4. The zero-order chi connectivity index (χ0) is 15.9. The molecule has 0 aliphatic rings. The molecule has 0 saturated carbocycles. The molecule has 2 N–H and O–H groups in total. The van der Waals surface area contributed by atoms with Crippen LogP contribution in [0.5, 0.6) is 0 Å². The number of nitrogens with one attached hydrogen (secondary N) is 2. The second kappa shape index (κ2) is 7.51. The average molecular weight is 360 g/mol. The van der Waals surface area contributed by atoms with E-state index < -0.39 is 11.8 Å². The molecule has 0 aliphatic carbocycles. The number of nitrogens with zero attached hydrogens (tertiary/aromatic N) is 1. The Balaban J connectivity index is 1.92. The Bertz CT molecular complexity index is 729. The Labute approximate surface area is 136 Å². The average Bonchev–Trinajstić information content (AvgIpc) is 2.49.